The Kier molecular flexibility index (Phi) is 13.2. The molecule has 1 aliphatic rings. The van der Waals surface area contributed by atoms with E-state index in [0.29, 0.717) is 21.2 Å². The average molecular weight is 520 g/mol. The highest BCUT2D eigenvalue weighted by molar-refractivity contribution is 8.19. The Labute approximate surface area is 213 Å². The van der Waals surface area contributed by atoms with Gasteiger partial charge in [0.2, 0.25) is 0 Å². The topological polar surface area (TPSA) is 87.3 Å². The van der Waals surface area contributed by atoms with Gasteiger partial charge in [0, 0.05) is 16.8 Å². The molecule has 0 radical (unpaired) electrons. The summed E-state index contributed by atoms with van der Waals surface area (Å²) in [5.41, 5.74) is 3.44. The third kappa shape index (κ3) is 8.61. The number of anilines is 1. The molecule has 2 aromatic carbocycles. The number of nitrogens with one attached hydrogen (secondary N) is 3. The Balaban J connectivity index is 0.00000107. The normalized spacial score (nSPS) is 12.7. The van der Waals surface area contributed by atoms with Crippen molar-refractivity contribution in [2.75, 3.05) is 19.4 Å². The molecule has 6 nitrogen and oxygen atoms in total. The Hall–Kier alpha value is -2.65. The molecule has 1 atom stereocenters. The van der Waals surface area contributed by atoms with Crippen LogP contribution < -0.4 is 15.4 Å². The first-order valence-corrected chi connectivity index (χ1v) is 12.9. The highest BCUT2D eigenvalue weighted by Gasteiger charge is 2.23. The number of Topliss-reactive ketones (excluding diaryl/α,β-unsaturated/α-hetero) is 1. The van der Waals surface area contributed by atoms with E-state index in [1.54, 1.807) is 43.3 Å². The van der Waals surface area contributed by atoms with Gasteiger partial charge in [-0.1, -0.05) is 86.3 Å². The number of halogens is 1. The molecule has 0 spiro atoms. The molecule has 0 heterocycles. The van der Waals surface area contributed by atoms with Gasteiger partial charge in [-0.2, -0.15) is 0 Å². The zero-order valence-electron chi connectivity index (χ0n) is 19.9. The molecule has 3 N–H and O–H groups in total. The maximum absolute atomic E-state index is 12.5. The van der Waals surface area contributed by atoms with Gasteiger partial charge < -0.3 is 10.6 Å². The predicted molar refractivity (Wildman–Crippen MR) is 148 cm³/mol. The minimum atomic E-state index is -1.80. The van der Waals surface area contributed by atoms with Crippen LogP contribution in [0.2, 0.25) is 0 Å². The molecule has 0 saturated heterocycles. The molecule has 9 heteroatoms. The zero-order valence-corrected chi connectivity index (χ0v) is 22.3. The summed E-state index contributed by atoms with van der Waals surface area (Å²) < 4.78 is 15.0. The van der Waals surface area contributed by atoms with Crippen molar-refractivity contribution in [2.45, 2.75) is 20.8 Å². The summed E-state index contributed by atoms with van der Waals surface area (Å²) in [5, 5.41) is 5.35. The van der Waals surface area contributed by atoms with Gasteiger partial charge in [-0.15, -0.1) is 0 Å². The van der Waals surface area contributed by atoms with Crippen molar-refractivity contribution in [1.82, 2.24) is 10.0 Å². The summed E-state index contributed by atoms with van der Waals surface area (Å²) in [4.78, 5) is 24.6. The molecule has 182 valence electrons. The van der Waals surface area contributed by atoms with Crippen LogP contribution in [-0.2, 0) is 11.0 Å². The maximum atomic E-state index is 12.5. The SMILES string of the molecule is C=C(S/C(Cl)=C\C)S(=O)NC(=O)Nc1ccc(C2=Cc3ccccc3C2=O)cc1.CC.CNC. The van der Waals surface area contributed by atoms with Gasteiger partial charge in [0.25, 0.3) is 0 Å². The van der Waals surface area contributed by atoms with Gasteiger partial charge in [-0.3, -0.25) is 9.52 Å². The second-order valence-corrected chi connectivity index (χ2v) is 9.70. The molecule has 34 heavy (non-hydrogen) atoms. The lowest BCUT2D eigenvalue weighted by atomic mass is 10.0. The van der Waals surface area contributed by atoms with Crippen LogP contribution in [-0.4, -0.2) is 30.1 Å². The predicted octanol–water partition coefficient (Wildman–Crippen LogP) is 6.38. The van der Waals surface area contributed by atoms with E-state index in [2.05, 4.69) is 21.9 Å². The maximum Gasteiger partial charge on any atom is 0.331 e. The van der Waals surface area contributed by atoms with Crippen LogP contribution in [0.25, 0.3) is 11.6 Å². The quantitative estimate of drug-likeness (QED) is 0.412. The molecule has 0 aliphatic heterocycles. The summed E-state index contributed by atoms with van der Waals surface area (Å²) in [7, 11) is 1.95. The lowest BCUT2D eigenvalue weighted by Crippen LogP contribution is -2.30. The number of urea groups is 1. The summed E-state index contributed by atoms with van der Waals surface area (Å²) >= 11 is 6.87. The van der Waals surface area contributed by atoms with Gasteiger partial charge in [0.05, 0.1) is 8.60 Å². The number of carbonyl (C=O) groups is 2. The van der Waals surface area contributed by atoms with Crippen LogP contribution in [0, 0.1) is 0 Å². The Bertz CT molecular complexity index is 1100. The molecule has 0 bridgehead atoms. The van der Waals surface area contributed by atoms with Gasteiger partial charge in [0.1, 0.15) is 0 Å². The Morgan fingerprint density at radius 1 is 1.09 bits per heavy atom. The van der Waals surface area contributed by atoms with E-state index in [0.717, 1.165) is 22.9 Å². The minimum absolute atomic E-state index is 0.0229. The van der Waals surface area contributed by atoms with Gasteiger partial charge >= 0.3 is 6.03 Å². The molecule has 0 aromatic heterocycles. The number of ketones is 1. The number of hydrogen-bond acceptors (Lipinski definition) is 5. The highest BCUT2D eigenvalue weighted by Crippen LogP contribution is 2.32. The lowest BCUT2D eigenvalue weighted by molar-refractivity contribution is 0.105. The summed E-state index contributed by atoms with van der Waals surface area (Å²) in [6.07, 6.45) is 3.49. The molecule has 2 aromatic rings. The van der Waals surface area contributed by atoms with Crippen molar-refractivity contribution < 1.29 is 13.8 Å². The number of carbonyl (C=O) groups excluding carboxylic acids is 2. The first-order chi connectivity index (χ1) is 16.3. The molecule has 0 fully saturated rings. The van der Waals surface area contributed by atoms with Crippen LogP contribution >= 0.6 is 23.4 Å². The summed E-state index contributed by atoms with van der Waals surface area (Å²) in [6.45, 7) is 9.38. The van der Waals surface area contributed by atoms with E-state index < -0.39 is 17.0 Å². The second-order valence-electron chi connectivity index (χ2n) is 6.44. The van der Waals surface area contributed by atoms with Crippen molar-refractivity contribution in [3.8, 4) is 0 Å². The number of amides is 2. The third-order valence-electron chi connectivity index (χ3n) is 4.03. The lowest BCUT2D eigenvalue weighted by Gasteiger charge is -2.09. The van der Waals surface area contributed by atoms with Crippen LogP contribution in [0.1, 0.15) is 42.3 Å². The average Bonchev–Trinajstić information content (AvgIpc) is 3.17. The molecular formula is C25H30ClN3O3S2. The van der Waals surface area contributed by atoms with Crippen LogP contribution in [0.4, 0.5) is 10.5 Å². The Morgan fingerprint density at radius 3 is 2.24 bits per heavy atom. The van der Waals surface area contributed by atoms with E-state index in [-0.39, 0.29) is 10.0 Å². The van der Waals surface area contributed by atoms with Gasteiger partial charge in [0.15, 0.2) is 16.8 Å². The van der Waals surface area contributed by atoms with Crippen LogP contribution in [0.15, 0.2) is 69.8 Å². The molecule has 1 unspecified atom stereocenters. The van der Waals surface area contributed by atoms with Crippen LogP contribution in [0.3, 0.4) is 0 Å². The molecule has 1 aliphatic carbocycles. The first-order valence-electron chi connectivity index (χ1n) is 10.5. The standard InChI is InChI=1S/C21H17ClN2O3S2.C2H7N.C2H6/c1-3-19(22)28-13(2)29(27)24-21(26)23-16-10-8-14(9-11-16)18-12-15-6-4-5-7-17(15)20(18)25;1-3-2;1-2/h3-12H,2H2,1H3,(H2,23,24,26);3H,1-2H3;1-2H3/b19-3-;;. The smallest absolute Gasteiger partial charge is 0.323 e. The number of hydrogen-bond donors (Lipinski definition) is 3. The van der Waals surface area contributed by atoms with E-state index in [9.17, 15) is 13.8 Å². The minimum Gasteiger partial charge on any atom is -0.323 e. The monoisotopic (exact) mass is 519 g/mol. The number of fused-ring (bicyclic) bond motifs is 1. The van der Waals surface area contributed by atoms with Crippen molar-refractivity contribution in [3.63, 3.8) is 0 Å². The summed E-state index contributed by atoms with van der Waals surface area (Å²) in [5.74, 6) is -0.0229. The van der Waals surface area contributed by atoms with Gasteiger partial charge in [-0.05, 0) is 50.4 Å². The van der Waals surface area contributed by atoms with Crippen LogP contribution in [0.5, 0.6) is 0 Å². The fraction of sp³-hybridized carbons (Fsp3) is 0.200. The number of allylic oxidation sites excluding steroid dienone is 2. The fourth-order valence-electron chi connectivity index (χ4n) is 2.65. The first kappa shape index (κ1) is 29.4. The van der Waals surface area contributed by atoms with Crippen molar-refractivity contribution in [2.24, 2.45) is 0 Å². The molecular weight excluding hydrogens is 490 g/mol. The molecule has 0 saturated carbocycles. The number of benzene rings is 2. The molecule has 3 rings (SSSR count). The highest BCUT2D eigenvalue weighted by atomic mass is 35.5. The van der Waals surface area contributed by atoms with Crippen molar-refractivity contribution in [1.29, 1.82) is 0 Å². The van der Waals surface area contributed by atoms with E-state index in [1.807, 2.05) is 52.2 Å². The van der Waals surface area contributed by atoms with E-state index >= 15 is 0 Å². The second kappa shape index (κ2) is 15.3. The molecule has 2 amide bonds. The third-order valence-corrected chi connectivity index (χ3v) is 6.63. The van der Waals surface area contributed by atoms with E-state index in [1.165, 1.54) is 0 Å². The zero-order chi connectivity index (χ0) is 25.7. The number of thioether (sulfide) groups is 1. The Morgan fingerprint density at radius 2 is 1.68 bits per heavy atom. The van der Waals surface area contributed by atoms with Crippen molar-refractivity contribution >= 4 is 63.5 Å². The van der Waals surface area contributed by atoms with Gasteiger partial charge in [-0.25, -0.2) is 9.00 Å². The largest absolute Gasteiger partial charge is 0.331 e. The summed E-state index contributed by atoms with van der Waals surface area (Å²) in [6, 6.07) is 13.6. The number of rotatable bonds is 6. The van der Waals surface area contributed by atoms with E-state index in [4.69, 9.17) is 11.6 Å². The van der Waals surface area contributed by atoms with Crippen molar-refractivity contribution in [3.05, 3.63) is 86.5 Å². The fourth-order valence-corrected chi connectivity index (χ4v) is 4.43.